The van der Waals surface area contributed by atoms with Gasteiger partial charge in [-0.05, 0) is 17.2 Å². The van der Waals surface area contributed by atoms with Gasteiger partial charge in [-0.2, -0.15) is 40.7 Å². The molecule has 3 rings (SSSR count). The molecule has 1 aliphatic heterocycles. The van der Waals surface area contributed by atoms with E-state index in [9.17, 15) is 29.0 Å². The molecule has 136 valence electrons. The van der Waals surface area contributed by atoms with Crippen molar-refractivity contribution in [3.8, 4) is 18.2 Å². The molecular weight excluding hydrogens is 373 g/mol. The second-order valence-electron chi connectivity index (χ2n) is 6.42. The summed E-state index contributed by atoms with van der Waals surface area (Å²) in [6.07, 6.45) is -2.91. The molecular formula is C19H13F3N4S. The van der Waals surface area contributed by atoms with E-state index in [2.05, 4.69) is 0 Å². The maximum Gasteiger partial charge on any atom is 0.416 e. The molecule has 0 bridgehead atoms. The van der Waals surface area contributed by atoms with Gasteiger partial charge in [0.05, 0.1) is 29.5 Å². The zero-order valence-electron chi connectivity index (χ0n) is 13.9. The van der Waals surface area contributed by atoms with Crippen LogP contribution in [-0.2, 0) is 6.18 Å². The first-order valence-electron chi connectivity index (χ1n) is 8.06. The average molecular weight is 386 g/mol. The maximum absolute atomic E-state index is 13.6. The van der Waals surface area contributed by atoms with Crippen LogP contribution in [-0.4, -0.2) is 17.2 Å². The van der Waals surface area contributed by atoms with Gasteiger partial charge in [0.15, 0.2) is 5.41 Å². The van der Waals surface area contributed by atoms with Crippen LogP contribution in [0.2, 0.25) is 0 Å². The summed E-state index contributed by atoms with van der Waals surface area (Å²) in [5, 5.41) is 37.5. The van der Waals surface area contributed by atoms with Crippen LogP contribution in [0.4, 0.5) is 13.2 Å². The third kappa shape index (κ3) is 2.80. The molecule has 1 heterocycles. The van der Waals surface area contributed by atoms with Gasteiger partial charge < -0.3 is 5.41 Å². The molecule has 8 heteroatoms. The SMILES string of the molecule is N#C[C@@H]1C(=N)C(C#N)(C#N)[C@@H](c2ccccc2C(F)(F)F)[C@@H]2CSCC=C12. The molecule has 27 heavy (non-hydrogen) atoms. The van der Waals surface area contributed by atoms with Crippen molar-refractivity contribution in [2.75, 3.05) is 11.5 Å². The quantitative estimate of drug-likeness (QED) is 0.729. The summed E-state index contributed by atoms with van der Waals surface area (Å²) < 4.78 is 40.9. The molecule has 1 aromatic rings. The van der Waals surface area contributed by atoms with Gasteiger partial charge in [0.25, 0.3) is 0 Å². The van der Waals surface area contributed by atoms with Crippen molar-refractivity contribution in [1.82, 2.24) is 0 Å². The van der Waals surface area contributed by atoms with Crippen LogP contribution >= 0.6 is 11.8 Å². The zero-order chi connectivity index (χ0) is 19.8. The van der Waals surface area contributed by atoms with Gasteiger partial charge in [-0.25, -0.2) is 0 Å². The Hall–Kier alpha value is -2.76. The van der Waals surface area contributed by atoms with Crippen LogP contribution in [0, 0.1) is 56.7 Å². The number of nitrogens with one attached hydrogen (secondary N) is 1. The second kappa shape index (κ2) is 6.76. The van der Waals surface area contributed by atoms with Crippen LogP contribution in [0.5, 0.6) is 0 Å². The zero-order valence-corrected chi connectivity index (χ0v) is 14.7. The van der Waals surface area contributed by atoms with Crippen molar-refractivity contribution in [3.63, 3.8) is 0 Å². The van der Waals surface area contributed by atoms with Crippen molar-refractivity contribution in [2.45, 2.75) is 12.1 Å². The fourth-order valence-corrected chi connectivity index (χ4v) is 5.07. The number of hydrogen-bond donors (Lipinski definition) is 1. The van der Waals surface area contributed by atoms with E-state index in [4.69, 9.17) is 5.41 Å². The summed E-state index contributed by atoms with van der Waals surface area (Å²) in [7, 11) is 0. The van der Waals surface area contributed by atoms with Crippen LogP contribution in [0.1, 0.15) is 17.0 Å². The number of nitriles is 3. The maximum atomic E-state index is 13.6. The third-order valence-corrected chi connectivity index (χ3v) is 6.16. The summed E-state index contributed by atoms with van der Waals surface area (Å²) in [6, 6.07) is 10.5. The Labute approximate surface area is 158 Å². The topological polar surface area (TPSA) is 95.2 Å². The minimum Gasteiger partial charge on any atom is -0.305 e. The van der Waals surface area contributed by atoms with E-state index in [0.29, 0.717) is 17.1 Å². The van der Waals surface area contributed by atoms with Crippen LogP contribution in [0.3, 0.4) is 0 Å². The van der Waals surface area contributed by atoms with Crippen LogP contribution in [0.25, 0.3) is 0 Å². The number of fused-ring (bicyclic) bond motifs is 1. The summed E-state index contributed by atoms with van der Waals surface area (Å²) >= 11 is 1.47. The summed E-state index contributed by atoms with van der Waals surface area (Å²) in [5.41, 5.74) is -3.10. The molecule has 0 spiro atoms. The highest BCUT2D eigenvalue weighted by atomic mass is 32.2. The lowest BCUT2D eigenvalue weighted by atomic mass is 9.54. The monoisotopic (exact) mass is 386 g/mol. The van der Waals surface area contributed by atoms with E-state index in [0.717, 1.165) is 6.07 Å². The first kappa shape index (κ1) is 19.0. The van der Waals surface area contributed by atoms with Gasteiger partial charge in [0.1, 0.15) is 5.92 Å². The molecule has 0 radical (unpaired) electrons. The number of halogens is 3. The van der Waals surface area contributed by atoms with Gasteiger partial charge in [-0.3, -0.25) is 0 Å². The van der Waals surface area contributed by atoms with Crippen molar-refractivity contribution >= 4 is 17.5 Å². The Kier molecular flexibility index (Phi) is 4.76. The largest absolute Gasteiger partial charge is 0.416 e. The van der Waals surface area contributed by atoms with E-state index in [1.807, 2.05) is 6.07 Å². The third-order valence-electron chi connectivity index (χ3n) is 5.16. The number of alkyl halides is 3. The van der Waals surface area contributed by atoms with Crippen molar-refractivity contribution < 1.29 is 13.2 Å². The van der Waals surface area contributed by atoms with Gasteiger partial charge in [-0.15, -0.1) is 0 Å². The molecule has 4 nitrogen and oxygen atoms in total. The lowest BCUT2D eigenvalue weighted by Crippen LogP contribution is -2.50. The molecule has 0 aromatic heterocycles. The van der Waals surface area contributed by atoms with Gasteiger partial charge >= 0.3 is 6.18 Å². The molecule has 1 saturated carbocycles. The molecule has 1 N–H and O–H groups in total. The molecule has 1 aromatic carbocycles. The molecule has 1 fully saturated rings. The molecule has 0 amide bonds. The lowest BCUT2D eigenvalue weighted by Gasteiger charge is -2.46. The van der Waals surface area contributed by atoms with Gasteiger partial charge in [-0.1, -0.05) is 24.3 Å². The number of benzene rings is 1. The minimum absolute atomic E-state index is 0.173. The molecule has 2 aliphatic rings. The molecule has 0 unspecified atom stereocenters. The fraction of sp³-hybridized carbons (Fsp3) is 0.368. The number of rotatable bonds is 1. The summed E-state index contributed by atoms with van der Waals surface area (Å²) in [6.45, 7) is 0. The van der Waals surface area contributed by atoms with E-state index in [-0.39, 0.29) is 5.56 Å². The van der Waals surface area contributed by atoms with E-state index < -0.39 is 40.6 Å². The normalized spacial score (nSPS) is 26.7. The highest BCUT2D eigenvalue weighted by molar-refractivity contribution is 7.99. The first-order chi connectivity index (χ1) is 12.8. The fourth-order valence-electron chi connectivity index (χ4n) is 3.98. The summed E-state index contributed by atoms with van der Waals surface area (Å²) in [4.78, 5) is 0. The second-order valence-corrected chi connectivity index (χ2v) is 7.49. The molecule has 3 atom stereocenters. The number of thioether (sulfide) groups is 1. The minimum atomic E-state index is -4.66. The number of hydrogen-bond acceptors (Lipinski definition) is 5. The number of nitrogens with zero attached hydrogens (tertiary/aromatic N) is 3. The van der Waals surface area contributed by atoms with E-state index in [1.165, 1.54) is 30.0 Å². The van der Waals surface area contributed by atoms with Crippen molar-refractivity contribution in [3.05, 3.63) is 47.0 Å². The highest BCUT2D eigenvalue weighted by Gasteiger charge is 2.58. The predicted octanol–water partition coefficient (Wildman–Crippen LogP) is 4.29. The Morgan fingerprint density at radius 2 is 1.81 bits per heavy atom. The van der Waals surface area contributed by atoms with Crippen LogP contribution < -0.4 is 0 Å². The predicted molar refractivity (Wildman–Crippen MR) is 93.6 cm³/mol. The first-order valence-corrected chi connectivity index (χ1v) is 9.22. The highest BCUT2D eigenvalue weighted by Crippen LogP contribution is 2.56. The standard InChI is InChI=1S/C19H13F3N4S/c20-19(21,22)15-4-2-1-3-12(15)16-14-8-27-6-5-11(14)13(7-23)17(26)18(16,9-24)10-25/h1-5,13-14,16,26H,6,8H2/t13-,14+,16-/m0/s1. The Balaban J connectivity index is 2.33. The molecule has 1 aliphatic carbocycles. The van der Waals surface area contributed by atoms with Gasteiger partial charge in [0, 0.05) is 23.3 Å². The van der Waals surface area contributed by atoms with E-state index >= 15 is 0 Å². The Morgan fingerprint density at radius 3 is 2.41 bits per heavy atom. The van der Waals surface area contributed by atoms with Crippen molar-refractivity contribution in [1.29, 1.82) is 21.2 Å². The Bertz CT molecular complexity index is 931. The van der Waals surface area contributed by atoms with E-state index in [1.54, 1.807) is 18.2 Å². The summed E-state index contributed by atoms with van der Waals surface area (Å²) in [5.74, 6) is -1.85. The smallest absolute Gasteiger partial charge is 0.305 e. The average Bonchev–Trinajstić information content (AvgIpc) is 2.66. The molecule has 0 saturated heterocycles. The Morgan fingerprint density at radius 1 is 1.15 bits per heavy atom. The van der Waals surface area contributed by atoms with Crippen LogP contribution in [0.15, 0.2) is 35.9 Å². The van der Waals surface area contributed by atoms with Crippen molar-refractivity contribution in [2.24, 2.45) is 17.3 Å². The number of allylic oxidation sites excluding steroid dienone is 1. The lowest BCUT2D eigenvalue weighted by molar-refractivity contribution is -0.138. The van der Waals surface area contributed by atoms with Gasteiger partial charge in [0.2, 0.25) is 0 Å².